The number of aryl methyl sites for hydroxylation is 2. The van der Waals surface area contributed by atoms with E-state index >= 15 is 0 Å². The summed E-state index contributed by atoms with van der Waals surface area (Å²) in [4.78, 5) is 11.7. The summed E-state index contributed by atoms with van der Waals surface area (Å²) in [7, 11) is 1.32. The Labute approximate surface area is 118 Å². The highest BCUT2D eigenvalue weighted by molar-refractivity contribution is 5.96. The van der Waals surface area contributed by atoms with Crippen LogP contribution in [0.1, 0.15) is 21.5 Å². The fraction of sp³-hybridized carbons (Fsp3) is 0.188. The molecule has 0 aliphatic rings. The summed E-state index contributed by atoms with van der Waals surface area (Å²) < 4.78 is 10.5. The Kier molecular flexibility index (Phi) is 3.94. The maximum absolute atomic E-state index is 11.7. The predicted octanol–water partition coefficient (Wildman–Crippen LogP) is 3.46. The summed E-state index contributed by atoms with van der Waals surface area (Å²) in [5, 5.41) is 0. The predicted molar refractivity (Wildman–Crippen MR) is 78.2 cm³/mol. The number of anilines is 1. The van der Waals surface area contributed by atoms with Crippen LogP contribution in [0.3, 0.4) is 0 Å². The molecule has 0 atom stereocenters. The van der Waals surface area contributed by atoms with Gasteiger partial charge in [-0.15, -0.1) is 0 Å². The summed E-state index contributed by atoms with van der Waals surface area (Å²) in [6.45, 7) is 3.83. The fourth-order valence-electron chi connectivity index (χ4n) is 1.85. The van der Waals surface area contributed by atoms with Crippen molar-refractivity contribution in [3.8, 4) is 11.5 Å². The van der Waals surface area contributed by atoms with Crippen LogP contribution in [0.15, 0.2) is 36.4 Å². The quantitative estimate of drug-likeness (QED) is 0.686. The maximum atomic E-state index is 11.7. The highest BCUT2D eigenvalue weighted by atomic mass is 16.5. The van der Waals surface area contributed by atoms with Gasteiger partial charge in [-0.1, -0.05) is 17.7 Å². The van der Waals surface area contributed by atoms with Crippen LogP contribution in [-0.2, 0) is 4.74 Å². The number of rotatable bonds is 3. The van der Waals surface area contributed by atoms with Gasteiger partial charge in [0.05, 0.1) is 12.7 Å². The van der Waals surface area contributed by atoms with Gasteiger partial charge in [-0.05, 0) is 43.7 Å². The number of hydrogen-bond acceptors (Lipinski definition) is 4. The van der Waals surface area contributed by atoms with Gasteiger partial charge in [0, 0.05) is 5.69 Å². The van der Waals surface area contributed by atoms with E-state index in [2.05, 4.69) is 0 Å². The molecule has 2 aromatic rings. The fourth-order valence-corrected chi connectivity index (χ4v) is 1.85. The third-order valence-corrected chi connectivity index (χ3v) is 3.02. The molecule has 4 nitrogen and oxygen atoms in total. The molecule has 0 aliphatic heterocycles. The smallest absolute Gasteiger partial charge is 0.340 e. The lowest BCUT2D eigenvalue weighted by atomic mass is 10.1. The van der Waals surface area contributed by atoms with Crippen LogP contribution in [0.2, 0.25) is 0 Å². The molecule has 0 saturated heterocycles. The number of carbonyl (C=O) groups excluding carboxylic acids is 1. The molecule has 0 aromatic heterocycles. The minimum Gasteiger partial charge on any atom is -0.465 e. The van der Waals surface area contributed by atoms with E-state index in [1.165, 1.54) is 7.11 Å². The van der Waals surface area contributed by atoms with E-state index in [0.29, 0.717) is 22.7 Å². The van der Waals surface area contributed by atoms with Gasteiger partial charge in [0.2, 0.25) is 0 Å². The molecule has 0 aliphatic carbocycles. The Balaban J connectivity index is 2.35. The Morgan fingerprint density at radius 1 is 1.05 bits per heavy atom. The van der Waals surface area contributed by atoms with Crippen LogP contribution in [0.4, 0.5) is 5.69 Å². The van der Waals surface area contributed by atoms with Crippen molar-refractivity contribution in [1.29, 1.82) is 0 Å². The zero-order chi connectivity index (χ0) is 14.7. The first-order valence-electron chi connectivity index (χ1n) is 6.24. The topological polar surface area (TPSA) is 61.5 Å². The first-order valence-corrected chi connectivity index (χ1v) is 6.24. The van der Waals surface area contributed by atoms with Crippen LogP contribution in [0, 0.1) is 13.8 Å². The molecular formula is C16H17NO3. The Morgan fingerprint density at radius 3 is 2.30 bits per heavy atom. The van der Waals surface area contributed by atoms with E-state index in [1.807, 2.05) is 38.1 Å². The van der Waals surface area contributed by atoms with Gasteiger partial charge in [0.1, 0.15) is 11.5 Å². The first-order chi connectivity index (χ1) is 9.51. The van der Waals surface area contributed by atoms with Crippen LogP contribution in [-0.4, -0.2) is 13.1 Å². The molecule has 104 valence electrons. The second kappa shape index (κ2) is 5.65. The third kappa shape index (κ3) is 2.91. The first kappa shape index (κ1) is 13.9. The molecule has 0 fully saturated rings. The van der Waals surface area contributed by atoms with E-state index in [9.17, 15) is 4.79 Å². The van der Waals surface area contributed by atoms with E-state index in [1.54, 1.807) is 12.1 Å². The monoisotopic (exact) mass is 271 g/mol. The molecule has 20 heavy (non-hydrogen) atoms. The van der Waals surface area contributed by atoms with Crippen LogP contribution in [0.25, 0.3) is 0 Å². The number of esters is 1. The molecule has 0 unspecified atom stereocenters. The zero-order valence-electron chi connectivity index (χ0n) is 11.8. The van der Waals surface area contributed by atoms with Crippen molar-refractivity contribution in [2.45, 2.75) is 13.8 Å². The zero-order valence-corrected chi connectivity index (χ0v) is 11.8. The molecule has 0 amide bonds. The molecule has 0 heterocycles. The normalized spacial score (nSPS) is 10.2. The van der Waals surface area contributed by atoms with Gasteiger partial charge >= 0.3 is 5.97 Å². The van der Waals surface area contributed by atoms with Crippen molar-refractivity contribution in [3.05, 3.63) is 53.1 Å². The molecule has 0 spiro atoms. The molecule has 2 N–H and O–H groups in total. The Bertz CT molecular complexity index is 633. The number of benzene rings is 2. The number of nitrogen functional groups attached to an aromatic ring is 1. The SMILES string of the molecule is COC(=O)c1cc(Oc2ccc(C)cc2)cc(C)c1N. The minimum atomic E-state index is -0.472. The standard InChI is InChI=1S/C16H17NO3/c1-10-4-6-12(7-5-10)20-13-8-11(2)15(17)14(9-13)16(18)19-3/h4-9H,17H2,1-3H3. The van der Waals surface area contributed by atoms with Crippen molar-refractivity contribution in [2.75, 3.05) is 12.8 Å². The highest BCUT2D eigenvalue weighted by Gasteiger charge is 2.14. The summed E-state index contributed by atoms with van der Waals surface area (Å²) >= 11 is 0. The molecule has 4 heteroatoms. The van der Waals surface area contributed by atoms with E-state index in [4.69, 9.17) is 15.2 Å². The van der Waals surface area contributed by atoms with E-state index in [0.717, 1.165) is 11.1 Å². The van der Waals surface area contributed by atoms with Crippen LogP contribution >= 0.6 is 0 Å². The Hall–Kier alpha value is -2.49. The highest BCUT2D eigenvalue weighted by Crippen LogP contribution is 2.28. The average Bonchev–Trinajstić information content (AvgIpc) is 2.44. The van der Waals surface area contributed by atoms with Crippen molar-refractivity contribution >= 4 is 11.7 Å². The van der Waals surface area contributed by atoms with Gasteiger partial charge in [-0.3, -0.25) is 0 Å². The van der Waals surface area contributed by atoms with Crippen LogP contribution < -0.4 is 10.5 Å². The van der Waals surface area contributed by atoms with E-state index < -0.39 is 5.97 Å². The van der Waals surface area contributed by atoms with Gasteiger partial charge in [-0.2, -0.15) is 0 Å². The molecule has 2 aromatic carbocycles. The second-order valence-electron chi connectivity index (χ2n) is 4.61. The average molecular weight is 271 g/mol. The number of nitrogens with two attached hydrogens (primary N) is 1. The Morgan fingerprint density at radius 2 is 1.70 bits per heavy atom. The number of carbonyl (C=O) groups is 1. The van der Waals surface area contributed by atoms with Crippen molar-refractivity contribution < 1.29 is 14.3 Å². The molecule has 0 bridgehead atoms. The number of hydrogen-bond donors (Lipinski definition) is 1. The summed E-state index contributed by atoms with van der Waals surface area (Å²) in [6, 6.07) is 11.1. The van der Waals surface area contributed by atoms with Crippen LogP contribution in [0.5, 0.6) is 11.5 Å². The summed E-state index contributed by atoms with van der Waals surface area (Å²) in [5.41, 5.74) is 8.54. The summed E-state index contributed by atoms with van der Waals surface area (Å²) in [6.07, 6.45) is 0. The van der Waals surface area contributed by atoms with E-state index in [-0.39, 0.29) is 0 Å². The van der Waals surface area contributed by atoms with Gasteiger partial charge in [0.15, 0.2) is 0 Å². The number of ether oxygens (including phenoxy) is 2. The van der Waals surface area contributed by atoms with Gasteiger partial charge in [-0.25, -0.2) is 4.79 Å². The van der Waals surface area contributed by atoms with Gasteiger partial charge in [0.25, 0.3) is 0 Å². The lowest BCUT2D eigenvalue weighted by molar-refractivity contribution is 0.0601. The molecule has 0 radical (unpaired) electrons. The molecule has 0 saturated carbocycles. The second-order valence-corrected chi connectivity index (χ2v) is 4.61. The largest absolute Gasteiger partial charge is 0.465 e. The minimum absolute atomic E-state index is 0.314. The summed E-state index contributed by atoms with van der Waals surface area (Å²) in [5.74, 6) is 0.788. The molecular weight excluding hydrogens is 254 g/mol. The molecule has 2 rings (SSSR count). The van der Waals surface area contributed by atoms with Crippen molar-refractivity contribution in [1.82, 2.24) is 0 Å². The van der Waals surface area contributed by atoms with Crippen molar-refractivity contribution in [3.63, 3.8) is 0 Å². The van der Waals surface area contributed by atoms with Crippen molar-refractivity contribution in [2.24, 2.45) is 0 Å². The number of methoxy groups -OCH3 is 1. The lowest BCUT2D eigenvalue weighted by Crippen LogP contribution is -2.07. The lowest BCUT2D eigenvalue weighted by Gasteiger charge is -2.11. The van der Waals surface area contributed by atoms with Gasteiger partial charge < -0.3 is 15.2 Å². The third-order valence-electron chi connectivity index (χ3n) is 3.02. The maximum Gasteiger partial charge on any atom is 0.340 e.